The Bertz CT molecular complexity index is 353. The van der Waals surface area contributed by atoms with E-state index >= 15 is 0 Å². The third-order valence-corrected chi connectivity index (χ3v) is 2.32. The van der Waals surface area contributed by atoms with Crippen LogP contribution in [0.5, 0.6) is 0 Å². The molecule has 0 aromatic carbocycles. The summed E-state index contributed by atoms with van der Waals surface area (Å²) in [6.45, 7) is 15.9. The lowest BCUT2D eigenvalue weighted by Crippen LogP contribution is -2.29. The van der Waals surface area contributed by atoms with E-state index in [0.29, 0.717) is 0 Å². The first-order valence-electron chi connectivity index (χ1n) is 5.30. The fraction of sp³-hybridized carbons (Fsp3) is 0.462. The summed E-state index contributed by atoms with van der Waals surface area (Å²) in [7, 11) is 0. The summed E-state index contributed by atoms with van der Waals surface area (Å²) in [5.41, 5.74) is 1.49. The Labute approximate surface area is 92.6 Å². The maximum atomic E-state index is 3.78. The fourth-order valence-corrected chi connectivity index (χ4v) is 1.66. The third kappa shape index (κ3) is 2.82. The van der Waals surface area contributed by atoms with Crippen LogP contribution in [0.1, 0.15) is 26.5 Å². The molecule has 0 aliphatic carbocycles. The lowest BCUT2D eigenvalue weighted by atomic mass is 9.92. The van der Waals surface area contributed by atoms with Gasteiger partial charge in [-0.05, 0) is 0 Å². The second-order valence-electron chi connectivity index (χ2n) is 4.81. The van der Waals surface area contributed by atoms with Crippen molar-refractivity contribution < 1.29 is 4.57 Å². The highest BCUT2D eigenvalue weighted by Crippen LogP contribution is 2.20. The normalized spacial score (nSPS) is 11.4. The largest absolute Gasteiger partial charge is 0.244 e. The molecule has 0 spiro atoms. The summed E-state index contributed by atoms with van der Waals surface area (Å²) in [6.07, 6.45) is 8.13. The van der Waals surface area contributed by atoms with Crippen molar-refractivity contribution in [3.8, 4) is 0 Å². The molecule has 0 aliphatic rings. The minimum atomic E-state index is 0.162. The van der Waals surface area contributed by atoms with Crippen LogP contribution >= 0.6 is 0 Å². The Kier molecular flexibility index (Phi) is 3.51. The molecule has 0 fully saturated rings. The van der Waals surface area contributed by atoms with Gasteiger partial charge in [0.2, 0.25) is 6.33 Å². The Hall–Kier alpha value is -1.31. The number of imidazole rings is 1. The van der Waals surface area contributed by atoms with Crippen LogP contribution in [0.15, 0.2) is 37.8 Å². The first-order chi connectivity index (χ1) is 6.99. The van der Waals surface area contributed by atoms with Crippen LogP contribution in [0.3, 0.4) is 0 Å². The Morgan fingerprint density at radius 3 is 2.47 bits per heavy atom. The van der Waals surface area contributed by atoms with Crippen LogP contribution in [0, 0.1) is 0 Å². The molecule has 2 heteroatoms. The quantitative estimate of drug-likeness (QED) is 0.527. The first-order valence-corrected chi connectivity index (χ1v) is 5.30. The van der Waals surface area contributed by atoms with E-state index in [1.54, 1.807) is 0 Å². The van der Waals surface area contributed by atoms with Crippen molar-refractivity contribution in [2.24, 2.45) is 0 Å². The molecule has 0 saturated heterocycles. The van der Waals surface area contributed by atoms with Crippen molar-refractivity contribution in [2.45, 2.75) is 39.3 Å². The molecule has 82 valence electrons. The van der Waals surface area contributed by atoms with E-state index < -0.39 is 0 Å². The summed E-state index contributed by atoms with van der Waals surface area (Å²) >= 11 is 0. The van der Waals surface area contributed by atoms with Gasteiger partial charge in [0.15, 0.2) is 0 Å². The van der Waals surface area contributed by atoms with E-state index in [9.17, 15) is 0 Å². The van der Waals surface area contributed by atoms with Crippen molar-refractivity contribution in [3.63, 3.8) is 0 Å². The summed E-state index contributed by atoms with van der Waals surface area (Å²) in [6, 6.07) is 0. The van der Waals surface area contributed by atoms with Gasteiger partial charge in [-0.15, -0.1) is 0 Å². The van der Waals surface area contributed by atoms with Gasteiger partial charge >= 0.3 is 0 Å². The van der Waals surface area contributed by atoms with Crippen LogP contribution in [-0.4, -0.2) is 4.57 Å². The van der Waals surface area contributed by atoms with Crippen molar-refractivity contribution in [1.29, 1.82) is 0 Å². The number of hydrogen-bond acceptors (Lipinski definition) is 0. The molecule has 0 unspecified atom stereocenters. The Balaban J connectivity index is 3.10. The van der Waals surface area contributed by atoms with E-state index in [-0.39, 0.29) is 5.41 Å². The zero-order valence-electron chi connectivity index (χ0n) is 10.0. The molecule has 1 aromatic rings. The van der Waals surface area contributed by atoms with Gasteiger partial charge in [-0.25, -0.2) is 9.13 Å². The van der Waals surface area contributed by atoms with Crippen molar-refractivity contribution in [2.75, 3.05) is 0 Å². The van der Waals surface area contributed by atoms with Gasteiger partial charge < -0.3 is 0 Å². The van der Waals surface area contributed by atoms with Gasteiger partial charge in [-0.1, -0.05) is 46.1 Å². The molecule has 1 heterocycles. The standard InChI is InChI=1S/C13H21N2/c1-6-8-14-10-12(13(3,4)5)15(11-14)9-7-2/h6-7,10-11H,1-2,8-9H2,3-5H3/q+1. The van der Waals surface area contributed by atoms with Crippen LogP contribution in [0.4, 0.5) is 0 Å². The second-order valence-corrected chi connectivity index (χ2v) is 4.81. The molecule has 0 radical (unpaired) electrons. The van der Waals surface area contributed by atoms with E-state index in [1.165, 1.54) is 5.69 Å². The van der Waals surface area contributed by atoms with Crippen LogP contribution < -0.4 is 4.57 Å². The van der Waals surface area contributed by atoms with Gasteiger partial charge in [0.05, 0.1) is 0 Å². The zero-order chi connectivity index (χ0) is 11.5. The lowest BCUT2D eigenvalue weighted by Gasteiger charge is -2.14. The van der Waals surface area contributed by atoms with Gasteiger partial charge in [-0.3, -0.25) is 0 Å². The average molecular weight is 205 g/mol. The van der Waals surface area contributed by atoms with Crippen molar-refractivity contribution >= 4 is 0 Å². The minimum Gasteiger partial charge on any atom is -0.233 e. The van der Waals surface area contributed by atoms with Crippen LogP contribution in [0.2, 0.25) is 0 Å². The Morgan fingerprint density at radius 2 is 2.00 bits per heavy atom. The molecule has 15 heavy (non-hydrogen) atoms. The summed E-state index contributed by atoms with van der Waals surface area (Å²) in [4.78, 5) is 0. The summed E-state index contributed by atoms with van der Waals surface area (Å²) in [5, 5.41) is 0. The smallest absolute Gasteiger partial charge is 0.233 e. The molecule has 0 bridgehead atoms. The maximum absolute atomic E-state index is 3.78. The zero-order valence-corrected chi connectivity index (χ0v) is 10.0. The summed E-state index contributed by atoms with van der Waals surface area (Å²) < 4.78 is 4.38. The predicted octanol–water partition coefficient (Wildman–Crippen LogP) is 2.45. The topological polar surface area (TPSA) is 8.81 Å². The molecule has 0 atom stereocenters. The molecular formula is C13H21N2+. The highest BCUT2D eigenvalue weighted by Gasteiger charge is 2.24. The van der Waals surface area contributed by atoms with E-state index in [4.69, 9.17) is 0 Å². The predicted molar refractivity (Wildman–Crippen MR) is 63.7 cm³/mol. The van der Waals surface area contributed by atoms with E-state index in [1.807, 2.05) is 12.2 Å². The SMILES string of the molecule is C=CCn1c[n+](CC=C)cc1C(C)(C)C. The van der Waals surface area contributed by atoms with E-state index in [2.05, 4.69) is 55.6 Å². The number of nitrogens with zero attached hydrogens (tertiary/aromatic N) is 2. The molecule has 0 amide bonds. The maximum Gasteiger partial charge on any atom is 0.244 e. The van der Waals surface area contributed by atoms with Gasteiger partial charge in [0, 0.05) is 5.41 Å². The fourth-order valence-electron chi connectivity index (χ4n) is 1.66. The van der Waals surface area contributed by atoms with Crippen molar-refractivity contribution in [3.05, 3.63) is 43.5 Å². The molecule has 0 aliphatic heterocycles. The van der Waals surface area contributed by atoms with E-state index in [0.717, 1.165) is 13.1 Å². The molecule has 0 saturated carbocycles. The molecule has 1 rings (SSSR count). The molecular weight excluding hydrogens is 184 g/mol. The van der Waals surface area contributed by atoms with Gasteiger partial charge in [0.1, 0.15) is 25.0 Å². The monoisotopic (exact) mass is 205 g/mol. The van der Waals surface area contributed by atoms with Crippen LogP contribution in [-0.2, 0) is 18.5 Å². The summed E-state index contributed by atoms with van der Waals surface area (Å²) in [5.74, 6) is 0. The number of allylic oxidation sites excluding steroid dienone is 2. The van der Waals surface area contributed by atoms with Crippen molar-refractivity contribution in [1.82, 2.24) is 4.57 Å². The second kappa shape index (κ2) is 4.47. The highest BCUT2D eigenvalue weighted by atomic mass is 15.1. The first kappa shape index (κ1) is 11.8. The number of rotatable bonds is 4. The molecule has 0 N–H and O–H groups in total. The van der Waals surface area contributed by atoms with Gasteiger partial charge in [-0.2, -0.15) is 0 Å². The third-order valence-electron chi connectivity index (χ3n) is 2.32. The minimum absolute atomic E-state index is 0.162. The highest BCUT2D eigenvalue weighted by molar-refractivity contribution is 5.08. The van der Waals surface area contributed by atoms with Crippen LogP contribution in [0.25, 0.3) is 0 Å². The molecule has 1 aromatic heterocycles. The van der Waals surface area contributed by atoms with Gasteiger partial charge in [0.25, 0.3) is 0 Å². The molecule has 2 nitrogen and oxygen atoms in total. The average Bonchev–Trinajstić information content (AvgIpc) is 2.49. The number of hydrogen-bond donors (Lipinski definition) is 0. The Morgan fingerprint density at radius 1 is 1.33 bits per heavy atom. The lowest BCUT2D eigenvalue weighted by molar-refractivity contribution is -0.686. The number of aromatic nitrogens is 2.